The van der Waals surface area contributed by atoms with E-state index >= 15 is 0 Å². The molecule has 0 amide bonds. The topological polar surface area (TPSA) is 58.7 Å². The first-order chi connectivity index (χ1) is 8.71. The van der Waals surface area contributed by atoms with Gasteiger partial charge in [0.15, 0.2) is 0 Å². The van der Waals surface area contributed by atoms with E-state index in [1.54, 1.807) is 0 Å². The molecule has 1 atom stereocenters. The van der Waals surface area contributed by atoms with Gasteiger partial charge in [0.2, 0.25) is 0 Å². The second-order valence-electron chi connectivity index (χ2n) is 4.58. The van der Waals surface area contributed by atoms with Crippen LogP contribution in [0.1, 0.15) is 11.1 Å². The van der Waals surface area contributed by atoms with Crippen molar-refractivity contribution in [3.05, 3.63) is 35.1 Å². The summed E-state index contributed by atoms with van der Waals surface area (Å²) >= 11 is 0. The Labute approximate surface area is 106 Å². The Balaban J connectivity index is 2.02. The Morgan fingerprint density at radius 2 is 2.17 bits per heavy atom. The van der Waals surface area contributed by atoms with Crippen LogP contribution < -0.4 is 5.73 Å². The predicted molar refractivity (Wildman–Crippen MR) is 66.4 cm³/mol. The average Bonchev–Trinajstić information content (AvgIpc) is 2.38. The third kappa shape index (κ3) is 3.49. The van der Waals surface area contributed by atoms with Crippen molar-refractivity contribution in [2.24, 2.45) is 5.73 Å². The van der Waals surface area contributed by atoms with Crippen molar-refractivity contribution < 1.29 is 14.2 Å². The molecular weight excluding hydrogens is 235 g/mol. The van der Waals surface area contributed by atoms with E-state index in [1.807, 2.05) is 6.07 Å². The molecule has 0 bridgehead atoms. The fourth-order valence-electron chi connectivity index (χ4n) is 2.22. The van der Waals surface area contributed by atoms with Crippen LogP contribution >= 0.6 is 0 Å². The van der Waals surface area contributed by atoms with Crippen LogP contribution in [0, 0.1) is 5.82 Å². The molecule has 0 aliphatic carbocycles. The van der Waals surface area contributed by atoms with E-state index in [1.165, 1.54) is 12.1 Å². The molecule has 1 heterocycles. The summed E-state index contributed by atoms with van der Waals surface area (Å²) in [6.07, 6.45) is -0.138. The number of nitrogens with zero attached hydrogens (tertiary/aromatic N) is 1. The zero-order valence-corrected chi connectivity index (χ0v) is 10.3. The van der Waals surface area contributed by atoms with Crippen molar-refractivity contribution in [1.82, 2.24) is 4.90 Å². The van der Waals surface area contributed by atoms with Gasteiger partial charge in [-0.15, -0.1) is 0 Å². The number of aliphatic hydroxyl groups is 1. The number of hydrogen-bond acceptors (Lipinski definition) is 4. The number of rotatable bonds is 4. The van der Waals surface area contributed by atoms with Gasteiger partial charge in [-0.2, -0.15) is 0 Å². The van der Waals surface area contributed by atoms with Gasteiger partial charge in [0, 0.05) is 26.2 Å². The summed E-state index contributed by atoms with van der Waals surface area (Å²) in [5, 5.41) is 9.07. The maximum atomic E-state index is 13.4. The monoisotopic (exact) mass is 254 g/mol. The van der Waals surface area contributed by atoms with Crippen LogP contribution in [0.25, 0.3) is 0 Å². The van der Waals surface area contributed by atoms with Gasteiger partial charge in [0.05, 0.1) is 19.3 Å². The summed E-state index contributed by atoms with van der Waals surface area (Å²) in [6.45, 7) is 3.09. The molecule has 5 heteroatoms. The molecule has 18 heavy (non-hydrogen) atoms. The molecule has 0 saturated carbocycles. The Morgan fingerprint density at radius 3 is 2.89 bits per heavy atom. The number of morpholine rings is 1. The zero-order valence-electron chi connectivity index (χ0n) is 10.3. The van der Waals surface area contributed by atoms with Crippen LogP contribution in [0.2, 0.25) is 0 Å². The van der Waals surface area contributed by atoms with Gasteiger partial charge < -0.3 is 15.6 Å². The fraction of sp³-hybridized carbons (Fsp3) is 0.538. The highest BCUT2D eigenvalue weighted by atomic mass is 19.1. The van der Waals surface area contributed by atoms with E-state index in [2.05, 4.69) is 4.90 Å². The molecule has 1 unspecified atom stereocenters. The molecule has 0 spiro atoms. The molecule has 1 aromatic rings. The number of aliphatic hydroxyl groups excluding tert-OH is 1. The summed E-state index contributed by atoms with van der Waals surface area (Å²) < 4.78 is 18.8. The van der Waals surface area contributed by atoms with E-state index in [0.717, 1.165) is 17.7 Å². The normalized spacial score (nSPS) is 21.2. The zero-order chi connectivity index (χ0) is 13.0. The molecule has 1 saturated heterocycles. The van der Waals surface area contributed by atoms with E-state index in [-0.39, 0.29) is 18.5 Å². The van der Waals surface area contributed by atoms with Crippen LogP contribution in [0.4, 0.5) is 4.39 Å². The number of hydrogen-bond donors (Lipinski definition) is 2. The van der Waals surface area contributed by atoms with Crippen LogP contribution in [-0.2, 0) is 17.8 Å². The van der Waals surface area contributed by atoms with Gasteiger partial charge >= 0.3 is 0 Å². The minimum atomic E-state index is -0.250. The first kappa shape index (κ1) is 13.4. The molecule has 100 valence electrons. The summed E-state index contributed by atoms with van der Waals surface area (Å²) in [6, 6.07) is 4.91. The molecule has 3 N–H and O–H groups in total. The lowest BCUT2D eigenvalue weighted by Crippen LogP contribution is -2.43. The van der Waals surface area contributed by atoms with Gasteiger partial charge in [-0.05, 0) is 23.3 Å². The molecule has 1 aliphatic rings. The lowest BCUT2D eigenvalue weighted by Gasteiger charge is -2.32. The summed E-state index contributed by atoms with van der Waals surface area (Å²) in [5.74, 6) is -0.250. The van der Waals surface area contributed by atoms with E-state index in [4.69, 9.17) is 15.6 Å². The maximum Gasteiger partial charge on any atom is 0.123 e. The Morgan fingerprint density at radius 1 is 1.39 bits per heavy atom. The van der Waals surface area contributed by atoms with Crippen molar-refractivity contribution in [2.75, 3.05) is 26.3 Å². The molecule has 1 fully saturated rings. The van der Waals surface area contributed by atoms with E-state index < -0.39 is 0 Å². The molecule has 2 rings (SSSR count). The Kier molecular flexibility index (Phi) is 4.66. The maximum absolute atomic E-state index is 13.4. The van der Waals surface area contributed by atoms with E-state index in [0.29, 0.717) is 26.2 Å². The van der Waals surface area contributed by atoms with Crippen LogP contribution in [0.5, 0.6) is 0 Å². The van der Waals surface area contributed by atoms with Gasteiger partial charge in [0.1, 0.15) is 5.82 Å². The largest absolute Gasteiger partial charge is 0.394 e. The highest BCUT2D eigenvalue weighted by molar-refractivity contribution is 5.24. The quantitative estimate of drug-likeness (QED) is 0.820. The van der Waals surface area contributed by atoms with Gasteiger partial charge in [-0.25, -0.2) is 4.39 Å². The van der Waals surface area contributed by atoms with E-state index in [9.17, 15) is 4.39 Å². The number of ether oxygens (including phenoxy) is 1. The summed E-state index contributed by atoms with van der Waals surface area (Å²) in [7, 11) is 0. The van der Waals surface area contributed by atoms with Crippen LogP contribution in [0.15, 0.2) is 18.2 Å². The van der Waals surface area contributed by atoms with Crippen molar-refractivity contribution in [1.29, 1.82) is 0 Å². The number of halogens is 1. The first-order valence-electron chi connectivity index (χ1n) is 6.14. The van der Waals surface area contributed by atoms with Gasteiger partial charge in [-0.3, -0.25) is 4.90 Å². The molecule has 0 aromatic heterocycles. The van der Waals surface area contributed by atoms with Crippen molar-refractivity contribution in [3.8, 4) is 0 Å². The number of nitrogens with two attached hydrogens (primary N) is 1. The smallest absolute Gasteiger partial charge is 0.123 e. The second kappa shape index (κ2) is 6.24. The van der Waals surface area contributed by atoms with Crippen molar-refractivity contribution in [3.63, 3.8) is 0 Å². The summed E-state index contributed by atoms with van der Waals surface area (Å²) in [4.78, 5) is 2.15. The van der Waals surface area contributed by atoms with Gasteiger partial charge in [-0.1, -0.05) is 6.07 Å². The molecule has 1 aromatic carbocycles. The third-order valence-corrected chi connectivity index (χ3v) is 3.09. The molecular formula is C13H19FN2O2. The number of benzene rings is 1. The standard InChI is InChI=1S/C13H19FN2O2/c14-12-4-10(6-15)3-11(5-12)7-16-1-2-18-13(8-16)9-17/h3-5,13,17H,1-2,6-9,15H2. The van der Waals surface area contributed by atoms with Crippen molar-refractivity contribution >= 4 is 0 Å². The Hall–Kier alpha value is -1.01. The molecule has 4 nitrogen and oxygen atoms in total. The first-order valence-corrected chi connectivity index (χ1v) is 6.14. The Bertz CT molecular complexity index is 401. The van der Waals surface area contributed by atoms with Crippen molar-refractivity contribution in [2.45, 2.75) is 19.2 Å². The lowest BCUT2D eigenvalue weighted by molar-refractivity contribution is -0.0551. The lowest BCUT2D eigenvalue weighted by atomic mass is 10.1. The molecule has 0 radical (unpaired) electrons. The second-order valence-corrected chi connectivity index (χ2v) is 4.58. The highest BCUT2D eigenvalue weighted by Gasteiger charge is 2.19. The third-order valence-electron chi connectivity index (χ3n) is 3.09. The molecule has 1 aliphatic heterocycles. The SMILES string of the molecule is NCc1cc(F)cc(CN2CCOC(CO)C2)c1. The van der Waals surface area contributed by atoms with Gasteiger partial charge in [0.25, 0.3) is 0 Å². The van der Waals surface area contributed by atoms with Crippen LogP contribution in [-0.4, -0.2) is 42.4 Å². The average molecular weight is 254 g/mol. The van der Waals surface area contributed by atoms with Crippen LogP contribution in [0.3, 0.4) is 0 Å². The minimum Gasteiger partial charge on any atom is -0.394 e. The predicted octanol–water partition coefficient (Wildman–Crippen LogP) is 0.477. The fourth-order valence-corrected chi connectivity index (χ4v) is 2.22. The minimum absolute atomic E-state index is 0.0215. The summed E-state index contributed by atoms with van der Waals surface area (Å²) in [5.41, 5.74) is 7.24. The highest BCUT2D eigenvalue weighted by Crippen LogP contribution is 2.14.